The molecule has 1 aromatic carbocycles. The highest BCUT2D eigenvalue weighted by Gasteiger charge is 2.24. The van der Waals surface area contributed by atoms with Gasteiger partial charge in [-0.1, -0.05) is 30.3 Å². The molecule has 1 aliphatic heterocycles. The SMILES string of the molecule is CC(C1CN(CCCc2ccccc2)CCN1)n1ccnc1. The van der Waals surface area contributed by atoms with Crippen molar-refractivity contribution in [3.63, 3.8) is 0 Å². The zero-order valence-electron chi connectivity index (χ0n) is 13.4. The molecular formula is C18H26N4. The number of nitrogens with zero attached hydrogens (tertiary/aromatic N) is 3. The third kappa shape index (κ3) is 3.96. The van der Waals surface area contributed by atoms with Gasteiger partial charge in [-0.25, -0.2) is 4.98 Å². The Morgan fingerprint density at radius 3 is 2.95 bits per heavy atom. The summed E-state index contributed by atoms with van der Waals surface area (Å²) in [4.78, 5) is 6.76. The molecule has 0 saturated carbocycles. The van der Waals surface area contributed by atoms with Crippen molar-refractivity contribution < 1.29 is 0 Å². The molecule has 0 aliphatic carbocycles. The minimum absolute atomic E-state index is 0.444. The van der Waals surface area contributed by atoms with E-state index in [-0.39, 0.29) is 0 Å². The van der Waals surface area contributed by atoms with Crippen LogP contribution in [-0.2, 0) is 6.42 Å². The number of hydrogen-bond acceptors (Lipinski definition) is 3. The number of benzene rings is 1. The lowest BCUT2D eigenvalue weighted by Gasteiger charge is -2.37. The van der Waals surface area contributed by atoms with E-state index in [1.54, 1.807) is 0 Å². The van der Waals surface area contributed by atoms with Gasteiger partial charge in [0, 0.05) is 44.1 Å². The highest BCUT2D eigenvalue weighted by molar-refractivity contribution is 5.14. The summed E-state index contributed by atoms with van der Waals surface area (Å²) in [7, 11) is 0. The Hall–Kier alpha value is -1.65. The molecule has 2 heterocycles. The Labute approximate surface area is 133 Å². The van der Waals surface area contributed by atoms with Crippen LogP contribution < -0.4 is 5.32 Å². The first-order valence-corrected chi connectivity index (χ1v) is 8.30. The van der Waals surface area contributed by atoms with Gasteiger partial charge < -0.3 is 14.8 Å². The van der Waals surface area contributed by atoms with Crippen LogP contribution in [0.3, 0.4) is 0 Å². The molecule has 0 amide bonds. The van der Waals surface area contributed by atoms with Crippen molar-refractivity contribution in [2.45, 2.75) is 31.8 Å². The normalized spacial score (nSPS) is 20.9. The molecule has 118 valence electrons. The number of rotatable bonds is 6. The van der Waals surface area contributed by atoms with Crippen molar-refractivity contribution >= 4 is 0 Å². The summed E-state index contributed by atoms with van der Waals surface area (Å²) in [6, 6.07) is 11.7. The minimum atomic E-state index is 0.444. The van der Waals surface area contributed by atoms with Crippen molar-refractivity contribution in [1.82, 2.24) is 19.8 Å². The first-order valence-electron chi connectivity index (χ1n) is 8.30. The van der Waals surface area contributed by atoms with Crippen LogP contribution in [0.15, 0.2) is 49.1 Å². The van der Waals surface area contributed by atoms with Crippen LogP contribution in [0.5, 0.6) is 0 Å². The number of hydrogen-bond donors (Lipinski definition) is 1. The monoisotopic (exact) mass is 298 g/mol. The minimum Gasteiger partial charge on any atom is -0.333 e. The van der Waals surface area contributed by atoms with Gasteiger partial charge in [0.15, 0.2) is 0 Å². The number of nitrogens with one attached hydrogen (secondary N) is 1. The van der Waals surface area contributed by atoms with Gasteiger partial charge in [0.2, 0.25) is 0 Å². The second kappa shape index (κ2) is 7.56. The maximum absolute atomic E-state index is 4.16. The third-order valence-electron chi connectivity index (χ3n) is 4.65. The van der Waals surface area contributed by atoms with Crippen molar-refractivity contribution in [2.75, 3.05) is 26.2 Å². The molecule has 0 bridgehead atoms. The molecule has 2 aromatic rings. The zero-order chi connectivity index (χ0) is 15.2. The van der Waals surface area contributed by atoms with E-state index >= 15 is 0 Å². The largest absolute Gasteiger partial charge is 0.333 e. The average Bonchev–Trinajstić information content (AvgIpc) is 3.10. The predicted molar refractivity (Wildman–Crippen MR) is 89.9 cm³/mol. The van der Waals surface area contributed by atoms with E-state index < -0.39 is 0 Å². The van der Waals surface area contributed by atoms with E-state index in [1.807, 2.05) is 12.5 Å². The van der Waals surface area contributed by atoms with E-state index in [9.17, 15) is 0 Å². The molecule has 2 unspecified atom stereocenters. The fraction of sp³-hybridized carbons (Fsp3) is 0.500. The maximum atomic E-state index is 4.16. The maximum Gasteiger partial charge on any atom is 0.0948 e. The average molecular weight is 298 g/mol. The lowest BCUT2D eigenvalue weighted by atomic mass is 10.1. The summed E-state index contributed by atoms with van der Waals surface area (Å²) in [6.07, 6.45) is 8.24. The van der Waals surface area contributed by atoms with E-state index in [1.165, 1.54) is 24.9 Å². The fourth-order valence-electron chi connectivity index (χ4n) is 3.24. The van der Waals surface area contributed by atoms with Crippen molar-refractivity contribution in [3.8, 4) is 0 Å². The van der Waals surface area contributed by atoms with Gasteiger partial charge in [-0.15, -0.1) is 0 Å². The van der Waals surface area contributed by atoms with E-state index in [0.29, 0.717) is 12.1 Å². The zero-order valence-corrected chi connectivity index (χ0v) is 13.4. The Morgan fingerprint density at radius 1 is 1.32 bits per heavy atom. The molecular weight excluding hydrogens is 272 g/mol. The summed E-state index contributed by atoms with van der Waals surface area (Å²) in [6.45, 7) is 6.81. The lowest BCUT2D eigenvalue weighted by molar-refractivity contribution is 0.170. The van der Waals surface area contributed by atoms with Crippen molar-refractivity contribution in [1.29, 1.82) is 0 Å². The molecule has 3 rings (SSSR count). The molecule has 0 radical (unpaired) electrons. The smallest absolute Gasteiger partial charge is 0.0948 e. The number of piperazine rings is 1. The van der Waals surface area contributed by atoms with Gasteiger partial charge in [0.1, 0.15) is 0 Å². The number of aromatic nitrogens is 2. The molecule has 0 spiro atoms. The number of aryl methyl sites for hydroxylation is 1. The van der Waals surface area contributed by atoms with Crippen molar-refractivity contribution in [3.05, 3.63) is 54.6 Å². The molecule has 1 saturated heterocycles. The third-order valence-corrected chi connectivity index (χ3v) is 4.65. The molecule has 1 aliphatic rings. The van der Waals surface area contributed by atoms with Crippen LogP contribution in [0, 0.1) is 0 Å². The Morgan fingerprint density at radius 2 is 2.18 bits per heavy atom. The standard InChI is InChI=1S/C18H26N4/c1-16(22-13-9-19-15-22)18-14-21(12-10-20-18)11-5-8-17-6-3-2-4-7-17/h2-4,6-7,9,13,15-16,18,20H,5,8,10-12,14H2,1H3. The van der Waals surface area contributed by atoms with Gasteiger partial charge in [-0.3, -0.25) is 0 Å². The van der Waals surface area contributed by atoms with Gasteiger partial charge in [0.05, 0.1) is 6.33 Å². The molecule has 1 aromatic heterocycles. The molecule has 1 N–H and O–H groups in total. The first-order chi connectivity index (χ1) is 10.8. The molecule has 22 heavy (non-hydrogen) atoms. The second-order valence-electron chi connectivity index (χ2n) is 6.20. The summed E-state index contributed by atoms with van der Waals surface area (Å²) >= 11 is 0. The topological polar surface area (TPSA) is 33.1 Å². The Balaban J connectivity index is 1.46. The molecule has 1 fully saturated rings. The predicted octanol–water partition coefficient (Wildman–Crippen LogP) is 2.35. The fourth-order valence-corrected chi connectivity index (χ4v) is 3.24. The van der Waals surface area contributed by atoms with Crippen LogP contribution in [0.25, 0.3) is 0 Å². The molecule has 4 nitrogen and oxygen atoms in total. The Kier molecular flexibility index (Phi) is 5.24. The van der Waals surface area contributed by atoms with E-state index in [0.717, 1.165) is 19.6 Å². The van der Waals surface area contributed by atoms with Crippen LogP contribution >= 0.6 is 0 Å². The van der Waals surface area contributed by atoms with Gasteiger partial charge in [-0.2, -0.15) is 0 Å². The van der Waals surface area contributed by atoms with Gasteiger partial charge in [0.25, 0.3) is 0 Å². The van der Waals surface area contributed by atoms with Crippen LogP contribution in [-0.4, -0.2) is 46.7 Å². The summed E-state index contributed by atoms with van der Waals surface area (Å²) < 4.78 is 2.20. The molecule has 4 heteroatoms. The van der Waals surface area contributed by atoms with Gasteiger partial charge >= 0.3 is 0 Å². The quantitative estimate of drug-likeness (QED) is 0.888. The second-order valence-corrected chi connectivity index (χ2v) is 6.20. The highest BCUT2D eigenvalue weighted by atomic mass is 15.2. The summed E-state index contributed by atoms with van der Waals surface area (Å²) in [5.74, 6) is 0. The van der Waals surface area contributed by atoms with Crippen molar-refractivity contribution in [2.24, 2.45) is 0 Å². The molecule has 2 atom stereocenters. The van der Waals surface area contributed by atoms with E-state index in [4.69, 9.17) is 0 Å². The Bertz CT molecular complexity index is 537. The van der Waals surface area contributed by atoms with E-state index in [2.05, 4.69) is 63.2 Å². The van der Waals surface area contributed by atoms with Crippen LogP contribution in [0.1, 0.15) is 24.9 Å². The summed E-state index contributed by atoms with van der Waals surface area (Å²) in [5.41, 5.74) is 1.45. The lowest BCUT2D eigenvalue weighted by Crippen LogP contribution is -2.53. The summed E-state index contributed by atoms with van der Waals surface area (Å²) in [5, 5.41) is 3.65. The highest BCUT2D eigenvalue weighted by Crippen LogP contribution is 2.15. The van der Waals surface area contributed by atoms with Gasteiger partial charge in [-0.05, 0) is 31.9 Å². The van der Waals surface area contributed by atoms with Crippen LogP contribution in [0.2, 0.25) is 0 Å². The van der Waals surface area contributed by atoms with Crippen LogP contribution in [0.4, 0.5) is 0 Å². The first kappa shape index (κ1) is 15.3. The number of imidazole rings is 1.